The molecule has 0 spiro atoms. The van der Waals surface area contributed by atoms with Gasteiger partial charge >= 0.3 is 0 Å². The molecular weight excluding hydrogens is 328 g/mol. The van der Waals surface area contributed by atoms with Gasteiger partial charge in [-0.15, -0.1) is 5.10 Å². The second kappa shape index (κ2) is 6.30. The molecule has 1 aliphatic heterocycles. The molecule has 0 saturated carbocycles. The third-order valence-corrected chi connectivity index (χ3v) is 4.83. The first kappa shape index (κ1) is 15.2. The first-order chi connectivity index (χ1) is 12.9. The zero-order valence-electron chi connectivity index (χ0n) is 14.2. The van der Waals surface area contributed by atoms with Crippen molar-refractivity contribution in [2.75, 3.05) is 31.1 Å². The van der Waals surface area contributed by atoms with E-state index >= 15 is 0 Å². The molecule has 1 saturated heterocycles. The first-order valence-corrected chi connectivity index (χ1v) is 8.71. The first-order valence-electron chi connectivity index (χ1n) is 8.71. The van der Waals surface area contributed by atoms with Crippen molar-refractivity contribution in [3.63, 3.8) is 0 Å². The predicted molar refractivity (Wildman–Crippen MR) is 97.8 cm³/mol. The lowest BCUT2D eigenvalue weighted by atomic mass is 10.2. The van der Waals surface area contributed by atoms with Crippen LogP contribution in [-0.4, -0.2) is 61.1 Å². The van der Waals surface area contributed by atoms with Crippen molar-refractivity contribution >= 4 is 22.5 Å². The third-order valence-electron chi connectivity index (χ3n) is 4.83. The molecule has 0 N–H and O–H groups in total. The van der Waals surface area contributed by atoms with Gasteiger partial charge in [0.15, 0.2) is 5.82 Å². The van der Waals surface area contributed by atoms with Crippen LogP contribution in [0.3, 0.4) is 0 Å². The summed E-state index contributed by atoms with van der Waals surface area (Å²) in [6.07, 6.45) is 3.69. The van der Waals surface area contributed by atoms with Gasteiger partial charge < -0.3 is 4.90 Å². The molecule has 4 aromatic rings. The number of tetrazole rings is 1. The van der Waals surface area contributed by atoms with Gasteiger partial charge in [0.25, 0.3) is 0 Å². The van der Waals surface area contributed by atoms with Crippen molar-refractivity contribution in [3.05, 3.63) is 54.4 Å². The number of piperazine rings is 1. The summed E-state index contributed by atoms with van der Waals surface area (Å²) in [5.41, 5.74) is 3.83. The van der Waals surface area contributed by atoms with E-state index in [1.165, 1.54) is 5.56 Å². The number of anilines is 1. The molecule has 8 nitrogen and oxygen atoms in total. The highest BCUT2D eigenvalue weighted by atomic mass is 15.5. The van der Waals surface area contributed by atoms with E-state index in [4.69, 9.17) is 4.98 Å². The van der Waals surface area contributed by atoms with E-state index in [2.05, 4.69) is 42.4 Å². The molecular formula is C18H18N8. The molecule has 130 valence electrons. The lowest BCUT2D eigenvalue weighted by Gasteiger charge is -2.35. The van der Waals surface area contributed by atoms with Crippen molar-refractivity contribution in [3.8, 4) is 0 Å². The highest BCUT2D eigenvalue weighted by Crippen LogP contribution is 2.23. The Balaban J connectivity index is 1.40. The molecule has 0 atom stereocenters. The second-order valence-corrected chi connectivity index (χ2v) is 6.46. The number of hydrogen-bond donors (Lipinski definition) is 0. The fourth-order valence-corrected chi connectivity index (χ4v) is 3.47. The Morgan fingerprint density at radius 1 is 0.923 bits per heavy atom. The lowest BCUT2D eigenvalue weighted by molar-refractivity contribution is 0.249. The van der Waals surface area contributed by atoms with Crippen LogP contribution >= 0.6 is 0 Å². The van der Waals surface area contributed by atoms with Crippen LogP contribution < -0.4 is 4.90 Å². The van der Waals surface area contributed by atoms with E-state index in [-0.39, 0.29) is 0 Å². The molecule has 4 heterocycles. The predicted octanol–water partition coefficient (Wildman–Crippen LogP) is 1.39. The Kier molecular flexibility index (Phi) is 3.67. The summed E-state index contributed by atoms with van der Waals surface area (Å²) in [5.74, 6) is 0.859. The Hall–Kier alpha value is -3.13. The molecule has 0 unspecified atom stereocenters. The summed E-state index contributed by atoms with van der Waals surface area (Å²) in [5, 5.41) is 12.2. The van der Waals surface area contributed by atoms with Crippen LogP contribution in [0, 0.1) is 0 Å². The number of fused-ring (bicyclic) bond motifs is 3. The van der Waals surface area contributed by atoms with Crippen molar-refractivity contribution in [1.29, 1.82) is 0 Å². The zero-order valence-corrected chi connectivity index (χ0v) is 14.2. The number of rotatable bonds is 3. The summed E-state index contributed by atoms with van der Waals surface area (Å²) >= 11 is 0. The van der Waals surface area contributed by atoms with Gasteiger partial charge in [0.2, 0.25) is 5.65 Å². The monoisotopic (exact) mass is 346 g/mol. The second-order valence-electron chi connectivity index (χ2n) is 6.46. The van der Waals surface area contributed by atoms with Gasteiger partial charge in [0.1, 0.15) is 0 Å². The van der Waals surface area contributed by atoms with E-state index in [1.807, 2.05) is 36.7 Å². The number of nitrogens with zero attached hydrogens (tertiary/aromatic N) is 8. The van der Waals surface area contributed by atoms with E-state index in [1.54, 1.807) is 4.52 Å². The van der Waals surface area contributed by atoms with Gasteiger partial charge in [-0.3, -0.25) is 9.88 Å². The molecule has 5 rings (SSSR count). The number of para-hydroxylation sites is 2. The highest BCUT2D eigenvalue weighted by Gasteiger charge is 2.22. The molecule has 26 heavy (non-hydrogen) atoms. The maximum absolute atomic E-state index is 4.84. The molecule has 1 aliphatic rings. The smallest absolute Gasteiger partial charge is 0.222 e. The van der Waals surface area contributed by atoms with E-state index in [0.29, 0.717) is 5.65 Å². The largest absolute Gasteiger partial charge is 0.351 e. The summed E-state index contributed by atoms with van der Waals surface area (Å²) < 4.78 is 1.78. The van der Waals surface area contributed by atoms with Gasteiger partial charge in [-0.05, 0) is 40.3 Å². The van der Waals surface area contributed by atoms with Crippen LogP contribution in [0.25, 0.3) is 16.7 Å². The van der Waals surface area contributed by atoms with Crippen LogP contribution in [-0.2, 0) is 6.54 Å². The van der Waals surface area contributed by atoms with Crippen LogP contribution in [0.4, 0.5) is 5.82 Å². The molecule has 0 aliphatic carbocycles. The number of hydrogen-bond acceptors (Lipinski definition) is 7. The maximum atomic E-state index is 4.84. The minimum Gasteiger partial charge on any atom is -0.351 e. The van der Waals surface area contributed by atoms with Crippen molar-refractivity contribution in [2.45, 2.75) is 6.54 Å². The molecule has 3 aromatic heterocycles. The molecule has 8 heteroatoms. The van der Waals surface area contributed by atoms with Gasteiger partial charge in [-0.1, -0.05) is 12.1 Å². The van der Waals surface area contributed by atoms with Crippen molar-refractivity contribution in [1.82, 2.24) is 34.9 Å². The van der Waals surface area contributed by atoms with Crippen LogP contribution in [0.1, 0.15) is 5.56 Å². The molecule has 1 fully saturated rings. The molecule has 1 aromatic carbocycles. The van der Waals surface area contributed by atoms with E-state index in [9.17, 15) is 0 Å². The van der Waals surface area contributed by atoms with Crippen LogP contribution in [0.15, 0.2) is 48.8 Å². The summed E-state index contributed by atoms with van der Waals surface area (Å²) in [7, 11) is 0. The normalized spacial score (nSPS) is 15.8. The van der Waals surface area contributed by atoms with Crippen LogP contribution in [0.5, 0.6) is 0 Å². The fraction of sp³-hybridized carbons (Fsp3) is 0.278. The van der Waals surface area contributed by atoms with Crippen LogP contribution in [0.2, 0.25) is 0 Å². The minimum absolute atomic E-state index is 0.714. The topological polar surface area (TPSA) is 75.3 Å². The van der Waals surface area contributed by atoms with Gasteiger partial charge in [0, 0.05) is 45.1 Å². The minimum atomic E-state index is 0.714. The summed E-state index contributed by atoms with van der Waals surface area (Å²) in [6.45, 7) is 4.70. The number of aromatic nitrogens is 6. The molecule has 0 bridgehead atoms. The third kappa shape index (κ3) is 2.64. The van der Waals surface area contributed by atoms with Gasteiger partial charge in [0.05, 0.1) is 11.0 Å². The molecule has 0 amide bonds. The maximum Gasteiger partial charge on any atom is 0.222 e. The standard InChI is InChI=1S/C18H18N8/c1-2-4-16-15(3-1)20-17(18-21-22-23-26(16)18)25-11-9-24(10-12-25)13-14-5-7-19-8-6-14/h1-8H,9-13H2. The van der Waals surface area contributed by atoms with Crippen molar-refractivity contribution < 1.29 is 0 Å². The number of benzene rings is 1. The quantitative estimate of drug-likeness (QED) is 0.555. The average molecular weight is 346 g/mol. The molecule has 0 radical (unpaired) electrons. The van der Waals surface area contributed by atoms with Gasteiger partial charge in [-0.25, -0.2) is 4.98 Å². The average Bonchev–Trinajstić information content (AvgIpc) is 3.19. The Labute approximate surface area is 150 Å². The summed E-state index contributed by atoms with van der Waals surface area (Å²) in [6, 6.07) is 12.1. The zero-order chi connectivity index (χ0) is 17.3. The summed E-state index contributed by atoms with van der Waals surface area (Å²) in [4.78, 5) is 13.7. The SMILES string of the molecule is c1ccc2c(c1)nc(N1CCN(Cc3ccncc3)CC1)c1nnnn12. The van der Waals surface area contributed by atoms with E-state index < -0.39 is 0 Å². The van der Waals surface area contributed by atoms with Gasteiger partial charge in [-0.2, -0.15) is 4.52 Å². The highest BCUT2D eigenvalue weighted by molar-refractivity contribution is 5.82. The Morgan fingerprint density at radius 2 is 1.73 bits per heavy atom. The number of pyridine rings is 1. The van der Waals surface area contributed by atoms with E-state index in [0.717, 1.165) is 49.6 Å². The van der Waals surface area contributed by atoms with Crippen molar-refractivity contribution in [2.24, 2.45) is 0 Å². The Morgan fingerprint density at radius 3 is 2.58 bits per heavy atom. The Bertz CT molecular complexity index is 1040. The lowest BCUT2D eigenvalue weighted by Crippen LogP contribution is -2.46. The fourth-order valence-electron chi connectivity index (χ4n) is 3.47.